The van der Waals surface area contributed by atoms with E-state index in [1.54, 1.807) is 42.5 Å². The van der Waals surface area contributed by atoms with Crippen molar-refractivity contribution in [1.82, 2.24) is 5.32 Å². The summed E-state index contributed by atoms with van der Waals surface area (Å²) < 4.78 is 10.9. The zero-order valence-electron chi connectivity index (χ0n) is 16.1. The highest BCUT2D eigenvalue weighted by Crippen LogP contribution is 2.27. The Labute approximate surface area is 173 Å². The quantitative estimate of drug-likeness (QED) is 0.344. The lowest BCUT2D eigenvalue weighted by molar-refractivity contribution is -0.277. The first-order valence-corrected chi connectivity index (χ1v) is 9.51. The van der Waals surface area contributed by atoms with Gasteiger partial charge in [-0.25, -0.2) is 0 Å². The monoisotopic (exact) mass is 419 g/mol. The number of ether oxygens (including phenoxy) is 2. The Balaban J connectivity index is 1.70. The molecular weight excluding hydrogens is 394 g/mol. The largest absolute Gasteiger partial charge is 0.462 e. The third-order valence-corrected chi connectivity index (χ3v) is 4.81. The number of amides is 1. The van der Waals surface area contributed by atoms with Crippen molar-refractivity contribution in [3.05, 3.63) is 54.1 Å². The number of carbonyl (C=O) groups excluding carboxylic acids is 1. The molecule has 1 unspecified atom stereocenters. The summed E-state index contributed by atoms with van der Waals surface area (Å²) in [6.45, 7) is -0.500. The van der Waals surface area contributed by atoms with Gasteiger partial charge >= 0.3 is 0 Å². The molecule has 0 bridgehead atoms. The number of aliphatic hydroxyl groups is 5. The van der Waals surface area contributed by atoms with Gasteiger partial charge in [0.1, 0.15) is 30.2 Å². The molecule has 2 aromatic carbocycles. The fourth-order valence-electron chi connectivity index (χ4n) is 3.14. The van der Waals surface area contributed by atoms with Crippen LogP contribution in [0.15, 0.2) is 48.5 Å². The number of rotatable bonds is 7. The van der Waals surface area contributed by atoms with Gasteiger partial charge in [0, 0.05) is 12.1 Å². The van der Waals surface area contributed by atoms with Crippen LogP contribution < -0.4 is 10.1 Å². The van der Waals surface area contributed by atoms with Gasteiger partial charge in [0.2, 0.25) is 6.29 Å². The Hall–Kier alpha value is -2.53. The molecule has 6 N–H and O–H groups in total. The zero-order chi connectivity index (χ0) is 21.7. The number of hydrogen-bond donors (Lipinski definition) is 6. The molecular formula is C21H25NO8. The van der Waals surface area contributed by atoms with Crippen LogP contribution in [0.4, 0.5) is 0 Å². The predicted molar refractivity (Wildman–Crippen MR) is 106 cm³/mol. The first-order valence-electron chi connectivity index (χ1n) is 9.51. The molecule has 0 spiro atoms. The molecule has 1 heterocycles. The molecule has 0 radical (unpaired) electrons. The van der Waals surface area contributed by atoms with Crippen LogP contribution in [0.2, 0.25) is 0 Å². The number of benzene rings is 2. The van der Waals surface area contributed by atoms with Crippen LogP contribution in [-0.2, 0) is 4.74 Å². The van der Waals surface area contributed by atoms with Gasteiger partial charge in [-0.05, 0) is 35.4 Å². The van der Waals surface area contributed by atoms with Crippen molar-refractivity contribution < 1.29 is 39.8 Å². The average molecular weight is 419 g/mol. The Morgan fingerprint density at radius 3 is 2.37 bits per heavy atom. The summed E-state index contributed by atoms with van der Waals surface area (Å²) in [6, 6.07) is 13.8. The van der Waals surface area contributed by atoms with Crippen LogP contribution in [0.25, 0.3) is 11.1 Å². The molecule has 1 aliphatic rings. The topological polar surface area (TPSA) is 149 Å². The Morgan fingerprint density at radius 2 is 1.70 bits per heavy atom. The van der Waals surface area contributed by atoms with Crippen LogP contribution in [-0.4, -0.2) is 81.9 Å². The van der Waals surface area contributed by atoms with Crippen molar-refractivity contribution in [2.45, 2.75) is 30.7 Å². The fourth-order valence-corrected chi connectivity index (χ4v) is 3.14. The maximum absolute atomic E-state index is 12.1. The predicted octanol–water partition coefficient (Wildman–Crippen LogP) is -0.746. The van der Waals surface area contributed by atoms with Gasteiger partial charge in [0.05, 0.1) is 13.2 Å². The highest BCUT2D eigenvalue weighted by Gasteiger charge is 2.44. The third kappa shape index (κ3) is 4.96. The van der Waals surface area contributed by atoms with Gasteiger partial charge < -0.3 is 40.3 Å². The second-order valence-electron chi connectivity index (χ2n) is 6.90. The molecule has 3 rings (SSSR count). The van der Waals surface area contributed by atoms with E-state index < -0.39 is 37.3 Å². The second kappa shape index (κ2) is 9.98. The summed E-state index contributed by atoms with van der Waals surface area (Å²) >= 11 is 0. The van der Waals surface area contributed by atoms with E-state index in [2.05, 4.69) is 5.32 Å². The van der Waals surface area contributed by atoms with Crippen LogP contribution in [0.5, 0.6) is 5.75 Å². The van der Waals surface area contributed by atoms with Gasteiger partial charge in [-0.2, -0.15) is 0 Å². The van der Waals surface area contributed by atoms with Crippen molar-refractivity contribution in [3.8, 4) is 16.9 Å². The van der Waals surface area contributed by atoms with E-state index in [4.69, 9.17) is 14.6 Å². The summed E-state index contributed by atoms with van der Waals surface area (Å²) in [5, 5.41) is 50.4. The molecule has 0 saturated carbocycles. The summed E-state index contributed by atoms with van der Waals surface area (Å²) in [5.41, 5.74) is 2.07. The zero-order valence-corrected chi connectivity index (χ0v) is 16.1. The average Bonchev–Trinajstić information content (AvgIpc) is 2.78. The van der Waals surface area contributed by atoms with Gasteiger partial charge in [-0.1, -0.05) is 24.3 Å². The van der Waals surface area contributed by atoms with E-state index >= 15 is 0 Å². The van der Waals surface area contributed by atoms with Crippen LogP contribution in [0.3, 0.4) is 0 Å². The lowest BCUT2D eigenvalue weighted by atomic mass is 9.99. The first kappa shape index (κ1) is 22.2. The molecule has 162 valence electrons. The van der Waals surface area contributed by atoms with Crippen LogP contribution in [0, 0.1) is 0 Å². The van der Waals surface area contributed by atoms with E-state index in [1.807, 2.05) is 6.07 Å². The molecule has 0 aromatic heterocycles. The van der Waals surface area contributed by atoms with Crippen LogP contribution in [0.1, 0.15) is 10.4 Å². The lowest BCUT2D eigenvalue weighted by Crippen LogP contribution is -2.60. The van der Waals surface area contributed by atoms with Gasteiger partial charge in [-0.3, -0.25) is 4.79 Å². The molecule has 1 aliphatic heterocycles. The minimum Gasteiger partial charge on any atom is -0.462 e. The van der Waals surface area contributed by atoms with Gasteiger partial charge in [0.15, 0.2) is 0 Å². The number of carbonyl (C=O) groups is 1. The van der Waals surface area contributed by atoms with Crippen molar-refractivity contribution in [2.75, 3.05) is 19.8 Å². The van der Waals surface area contributed by atoms with E-state index in [9.17, 15) is 25.2 Å². The van der Waals surface area contributed by atoms with E-state index in [-0.39, 0.29) is 19.1 Å². The Kier molecular flexibility index (Phi) is 7.38. The molecule has 5 atom stereocenters. The second-order valence-corrected chi connectivity index (χ2v) is 6.90. The summed E-state index contributed by atoms with van der Waals surface area (Å²) in [4.78, 5) is 12.1. The molecule has 9 heteroatoms. The maximum Gasteiger partial charge on any atom is 0.251 e. The van der Waals surface area contributed by atoms with Crippen LogP contribution >= 0.6 is 0 Å². The molecule has 1 saturated heterocycles. The first-order chi connectivity index (χ1) is 14.4. The van der Waals surface area contributed by atoms with Crippen molar-refractivity contribution in [3.63, 3.8) is 0 Å². The number of aliphatic hydroxyl groups excluding tert-OH is 5. The molecule has 1 amide bonds. The van der Waals surface area contributed by atoms with Gasteiger partial charge in [0.25, 0.3) is 5.91 Å². The number of nitrogens with one attached hydrogen (secondary N) is 1. The summed E-state index contributed by atoms with van der Waals surface area (Å²) in [7, 11) is 0. The van der Waals surface area contributed by atoms with Crippen molar-refractivity contribution in [1.29, 1.82) is 0 Å². The summed E-state index contributed by atoms with van der Waals surface area (Å²) in [6.07, 6.45) is -6.76. The maximum atomic E-state index is 12.1. The Bertz CT molecular complexity index is 841. The van der Waals surface area contributed by atoms with Crippen molar-refractivity contribution >= 4 is 5.91 Å². The highest BCUT2D eigenvalue weighted by atomic mass is 16.7. The SMILES string of the molecule is O=C(NCCO)c1cccc(-c2ccc(O[C@@H]3O[C@H](CO)[C@@H](O)[C@H](O)C3O)cc2)c1. The minimum absolute atomic E-state index is 0.138. The lowest BCUT2D eigenvalue weighted by Gasteiger charge is -2.39. The third-order valence-electron chi connectivity index (χ3n) is 4.81. The van der Waals surface area contributed by atoms with E-state index in [0.717, 1.165) is 11.1 Å². The van der Waals surface area contributed by atoms with E-state index in [1.165, 1.54) is 0 Å². The summed E-state index contributed by atoms with van der Waals surface area (Å²) in [5.74, 6) is 0.0633. The number of hydrogen-bond acceptors (Lipinski definition) is 8. The standard InChI is InChI=1S/C21H25NO8/c23-9-8-22-20(28)14-3-1-2-13(10-14)12-4-6-15(7-5-12)29-21-19(27)18(26)17(25)16(11-24)30-21/h1-7,10,16-19,21,23-27H,8-9,11H2,(H,22,28)/t16-,17-,18+,19?,21-/m1/s1. The molecule has 0 aliphatic carbocycles. The normalized spacial score (nSPS) is 26.2. The van der Waals surface area contributed by atoms with E-state index in [0.29, 0.717) is 11.3 Å². The fraction of sp³-hybridized carbons (Fsp3) is 0.381. The smallest absolute Gasteiger partial charge is 0.251 e. The highest BCUT2D eigenvalue weighted by molar-refractivity contribution is 5.95. The molecule has 2 aromatic rings. The molecule has 30 heavy (non-hydrogen) atoms. The van der Waals surface area contributed by atoms with Gasteiger partial charge in [-0.15, -0.1) is 0 Å². The molecule has 9 nitrogen and oxygen atoms in total. The minimum atomic E-state index is -1.51. The molecule has 1 fully saturated rings. The van der Waals surface area contributed by atoms with Crippen molar-refractivity contribution in [2.24, 2.45) is 0 Å². The Morgan fingerprint density at radius 1 is 0.967 bits per heavy atom.